The molecule has 2 heterocycles. The molecule has 0 unspecified atom stereocenters. The van der Waals surface area contributed by atoms with Gasteiger partial charge in [0, 0.05) is 26.8 Å². The van der Waals surface area contributed by atoms with Gasteiger partial charge in [-0.3, -0.25) is 13.9 Å². The van der Waals surface area contributed by atoms with Crippen molar-refractivity contribution in [3.8, 4) is 0 Å². The third kappa shape index (κ3) is 2.93. The summed E-state index contributed by atoms with van der Waals surface area (Å²) in [4.78, 5) is 29.1. The highest BCUT2D eigenvalue weighted by molar-refractivity contribution is 5.90. The molecule has 1 aromatic carbocycles. The van der Waals surface area contributed by atoms with Crippen LogP contribution in [0.2, 0.25) is 0 Å². The topological polar surface area (TPSA) is 68.9 Å². The van der Waals surface area contributed by atoms with Gasteiger partial charge in [0.1, 0.15) is 11.2 Å². The summed E-state index contributed by atoms with van der Waals surface area (Å²) in [5.74, 6) is -0.295. The normalized spacial score (nSPS) is 11.0. The van der Waals surface area contributed by atoms with Crippen molar-refractivity contribution in [3.63, 3.8) is 0 Å². The van der Waals surface area contributed by atoms with Crippen molar-refractivity contribution in [2.24, 2.45) is 14.1 Å². The number of fused-ring (bicyclic) bond motifs is 1. The number of benzene rings is 1. The van der Waals surface area contributed by atoms with Crippen LogP contribution in [0.15, 0.2) is 40.1 Å². The molecule has 0 saturated carbocycles. The smallest absolute Gasteiger partial charge is 0.332 e. The average Bonchev–Trinajstić information content (AvgIpc) is 2.63. The van der Waals surface area contributed by atoms with Crippen LogP contribution in [0.4, 0.5) is 10.1 Å². The molecule has 0 radical (unpaired) electrons. The highest BCUT2D eigenvalue weighted by atomic mass is 19.1. The zero-order chi connectivity index (χ0) is 18.1. The molecule has 3 aromatic rings. The van der Waals surface area contributed by atoms with Gasteiger partial charge in [0.2, 0.25) is 0 Å². The number of rotatable bonds is 4. The fraction of sp³-hybridized carbons (Fsp3) is 0.278. The summed E-state index contributed by atoms with van der Waals surface area (Å²) >= 11 is 0. The number of hydrogen-bond acceptors (Lipinski definition) is 4. The lowest BCUT2D eigenvalue weighted by molar-refractivity contribution is 0.627. The number of nitrogens with zero attached hydrogens (tertiary/aromatic N) is 3. The first-order chi connectivity index (χ1) is 11.9. The van der Waals surface area contributed by atoms with E-state index in [1.807, 2.05) is 6.92 Å². The monoisotopic (exact) mass is 342 g/mol. The molecule has 6 nitrogen and oxygen atoms in total. The molecule has 7 heteroatoms. The van der Waals surface area contributed by atoms with Crippen LogP contribution in [0.25, 0.3) is 11.0 Å². The molecule has 0 fully saturated rings. The number of aryl methyl sites for hydroxylation is 2. The Kier molecular flexibility index (Phi) is 4.39. The molecule has 0 bridgehead atoms. The van der Waals surface area contributed by atoms with Crippen molar-refractivity contribution >= 4 is 16.7 Å². The largest absolute Gasteiger partial charge is 0.380 e. The maximum atomic E-state index is 13.1. The van der Waals surface area contributed by atoms with Crippen LogP contribution in [0.5, 0.6) is 0 Å². The van der Waals surface area contributed by atoms with Gasteiger partial charge in [0.25, 0.3) is 5.56 Å². The summed E-state index contributed by atoms with van der Waals surface area (Å²) in [6, 6.07) is 6.16. The third-order valence-corrected chi connectivity index (χ3v) is 4.31. The summed E-state index contributed by atoms with van der Waals surface area (Å²) < 4.78 is 15.5. The van der Waals surface area contributed by atoms with Gasteiger partial charge >= 0.3 is 5.69 Å². The second-order valence-electron chi connectivity index (χ2n) is 5.90. The Hall–Kier alpha value is -2.96. The average molecular weight is 342 g/mol. The van der Waals surface area contributed by atoms with Gasteiger partial charge in [-0.2, -0.15) is 0 Å². The summed E-state index contributed by atoms with van der Waals surface area (Å²) in [5, 5.41) is 3.65. The first-order valence-corrected chi connectivity index (χ1v) is 8.00. The lowest BCUT2D eigenvalue weighted by Crippen LogP contribution is -2.37. The maximum Gasteiger partial charge on any atom is 0.332 e. The minimum absolute atomic E-state index is 0.295. The zero-order valence-electron chi connectivity index (χ0n) is 14.3. The van der Waals surface area contributed by atoms with Gasteiger partial charge in [0.15, 0.2) is 5.65 Å². The van der Waals surface area contributed by atoms with Crippen LogP contribution in [-0.4, -0.2) is 14.1 Å². The summed E-state index contributed by atoms with van der Waals surface area (Å²) in [7, 11) is 3.04. The molecular weight excluding hydrogens is 323 g/mol. The second kappa shape index (κ2) is 6.51. The standard InChI is InChI=1S/C18H19FN4O2/c1-4-12-10-21-16-14(17(24)23(3)18(25)22(16)2)15(12)20-9-11-5-7-13(19)8-6-11/h5-8,10H,4,9H2,1-3H3,(H,20,21). The fourth-order valence-electron chi connectivity index (χ4n) is 2.83. The van der Waals surface area contributed by atoms with Crippen LogP contribution in [0.3, 0.4) is 0 Å². The summed E-state index contributed by atoms with van der Waals surface area (Å²) in [6.45, 7) is 2.40. The van der Waals surface area contributed by atoms with Crippen molar-refractivity contribution in [3.05, 3.63) is 68.2 Å². The first-order valence-electron chi connectivity index (χ1n) is 8.00. The van der Waals surface area contributed by atoms with E-state index < -0.39 is 5.69 Å². The summed E-state index contributed by atoms with van der Waals surface area (Å²) in [5.41, 5.74) is 1.96. The van der Waals surface area contributed by atoms with Crippen LogP contribution >= 0.6 is 0 Å². The quantitative estimate of drug-likeness (QED) is 0.787. The van der Waals surface area contributed by atoms with Crippen LogP contribution < -0.4 is 16.6 Å². The van der Waals surface area contributed by atoms with Gasteiger partial charge in [-0.25, -0.2) is 14.2 Å². The van der Waals surface area contributed by atoms with Crippen molar-refractivity contribution in [1.29, 1.82) is 0 Å². The van der Waals surface area contributed by atoms with Crippen LogP contribution in [0.1, 0.15) is 18.1 Å². The molecular formula is C18H19FN4O2. The third-order valence-electron chi connectivity index (χ3n) is 4.31. The zero-order valence-corrected chi connectivity index (χ0v) is 14.3. The molecule has 3 rings (SSSR count). The Morgan fingerprint density at radius 2 is 1.80 bits per heavy atom. The highest BCUT2D eigenvalue weighted by Crippen LogP contribution is 2.23. The van der Waals surface area contributed by atoms with E-state index in [0.717, 1.165) is 15.7 Å². The Bertz CT molecular complexity index is 1050. The van der Waals surface area contributed by atoms with Gasteiger partial charge < -0.3 is 5.32 Å². The van der Waals surface area contributed by atoms with E-state index >= 15 is 0 Å². The van der Waals surface area contributed by atoms with Crippen molar-refractivity contribution in [2.45, 2.75) is 19.9 Å². The molecule has 130 valence electrons. The summed E-state index contributed by atoms with van der Waals surface area (Å²) in [6.07, 6.45) is 2.36. The predicted octanol–water partition coefficient (Wildman–Crippen LogP) is 1.95. The number of aromatic nitrogens is 3. The molecule has 0 atom stereocenters. The molecule has 1 N–H and O–H groups in total. The number of hydrogen-bond donors (Lipinski definition) is 1. The van der Waals surface area contributed by atoms with E-state index in [9.17, 15) is 14.0 Å². The van der Waals surface area contributed by atoms with Gasteiger partial charge in [-0.15, -0.1) is 0 Å². The molecule has 25 heavy (non-hydrogen) atoms. The lowest BCUT2D eigenvalue weighted by atomic mass is 10.1. The van der Waals surface area contributed by atoms with Crippen molar-refractivity contribution in [1.82, 2.24) is 14.1 Å². The van der Waals surface area contributed by atoms with E-state index in [1.54, 1.807) is 25.4 Å². The highest BCUT2D eigenvalue weighted by Gasteiger charge is 2.16. The molecule has 0 spiro atoms. The Morgan fingerprint density at radius 3 is 2.44 bits per heavy atom. The number of pyridine rings is 1. The SMILES string of the molecule is CCc1cnc2c(c1NCc1ccc(F)cc1)c(=O)n(C)c(=O)n2C. The van der Waals surface area contributed by atoms with E-state index in [-0.39, 0.29) is 11.4 Å². The number of nitrogens with one attached hydrogen (secondary N) is 1. The molecule has 0 aliphatic rings. The number of anilines is 1. The minimum atomic E-state index is -0.418. The molecule has 0 saturated heterocycles. The molecule has 0 aliphatic carbocycles. The lowest BCUT2D eigenvalue weighted by Gasteiger charge is -2.15. The van der Waals surface area contributed by atoms with Crippen LogP contribution in [0, 0.1) is 5.82 Å². The van der Waals surface area contributed by atoms with Crippen LogP contribution in [-0.2, 0) is 27.1 Å². The Balaban J connectivity index is 2.16. The van der Waals surface area contributed by atoms with E-state index in [4.69, 9.17) is 0 Å². The number of halogens is 1. The van der Waals surface area contributed by atoms with E-state index in [2.05, 4.69) is 10.3 Å². The fourth-order valence-corrected chi connectivity index (χ4v) is 2.83. The Morgan fingerprint density at radius 1 is 1.12 bits per heavy atom. The predicted molar refractivity (Wildman–Crippen MR) is 95.3 cm³/mol. The van der Waals surface area contributed by atoms with Gasteiger partial charge in [-0.1, -0.05) is 19.1 Å². The van der Waals surface area contributed by atoms with Crippen molar-refractivity contribution in [2.75, 3.05) is 5.32 Å². The molecule has 0 amide bonds. The second-order valence-corrected chi connectivity index (χ2v) is 5.90. The van der Waals surface area contributed by atoms with Gasteiger partial charge in [-0.05, 0) is 29.7 Å². The van der Waals surface area contributed by atoms with E-state index in [1.165, 1.54) is 23.7 Å². The Labute approximate surface area is 143 Å². The molecule has 0 aliphatic heterocycles. The van der Waals surface area contributed by atoms with Gasteiger partial charge in [0.05, 0.1) is 5.69 Å². The maximum absolute atomic E-state index is 13.1. The molecule has 2 aromatic heterocycles. The van der Waals surface area contributed by atoms with Crippen molar-refractivity contribution < 1.29 is 4.39 Å². The first kappa shape index (κ1) is 16.9. The minimum Gasteiger partial charge on any atom is -0.380 e. The van der Waals surface area contributed by atoms with E-state index in [0.29, 0.717) is 29.7 Å².